The second kappa shape index (κ2) is 5.74. The zero-order valence-electron chi connectivity index (χ0n) is 14.2. The van der Waals surface area contributed by atoms with Crippen molar-refractivity contribution in [1.29, 1.82) is 0 Å². The normalized spacial score (nSPS) is 30.1. The van der Waals surface area contributed by atoms with E-state index in [1.165, 1.54) is 0 Å². The molecule has 130 valence electrons. The summed E-state index contributed by atoms with van der Waals surface area (Å²) < 4.78 is 16.6. The van der Waals surface area contributed by atoms with Crippen LogP contribution in [-0.4, -0.2) is 42.8 Å². The average Bonchev–Trinajstić information content (AvgIpc) is 2.82. The highest BCUT2D eigenvalue weighted by molar-refractivity contribution is 5.94. The Kier molecular flexibility index (Phi) is 3.65. The molecule has 6 heteroatoms. The van der Waals surface area contributed by atoms with Gasteiger partial charge in [-0.1, -0.05) is 12.1 Å². The predicted octanol–water partition coefficient (Wildman–Crippen LogP) is 2.26. The summed E-state index contributed by atoms with van der Waals surface area (Å²) in [6.07, 6.45) is 4.43. The Bertz CT molecular complexity index is 795. The van der Waals surface area contributed by atoms with Crippen LogP contribution in [0.25, 0.3) is 5.57 Å². The highest BCUT2D eigenvalue weighted by Gasteiger charge is 2.56. The zero-order valence-corrected chi connectivity index (χ0v) is 14.2. The van der Waals surface area contributed by atoms with Gasteiger partial charge in [-0.15, -0.1) is 0 Å². The Morgan fingerprint density at radius 1 is 1.16 bits per heavy atom. The minimum atomic E-state index is -1.02. The van der Waals surface area contributed by atoms with E-state index in [0.29, 0.717) is 12.2 Å². The van der Waals surface area contributed by atoms with Gasteiger partial charge in [-0.25, -0.2) is 9.59 Å². The van der Waals surface area contributed by atoms with Gasteiger partial charge in [0.05, 0.1) is 7.11 Å². The molecule has 0 aromatic heterocycles. The lowest BCUT2D eigenvalue weighted by molar-refractivity contribution is -0.177. The van der Waals surface area contributed by atoms with E-state index in [2.05, 4.69) is 0 Å². The van der Waals surface area contributed by atoms with Gasteiger partial charge in [0.1, 0.15) is 5.75 Å². The fraction of sp³-hybridized carbons (Fsp3) is 0.368. The smallest absolute Gasteiger partial charge is 0.336 e. The van der Waals surface area contributed by atoms with Gasteiger partial charge >= 0.3 is 11.9 Å². The molecule has 4 rings (SSSR count). The van der Waals surface area contributed by atoms with Gasteiger partial charge < -0.3 is 14.2 Å². The molecule has 0 aliphatic carbocycles. The number of fused-ring (bicyclic) bond motifs is 1. The van der Waals surface area contributed by atoms with Crippen LogP contribution in [0.2, 0.25) is 0 Å². The molecule has 2 bridgehead atoms. The van der Waals surface area contributed by atoms with E-state index in [0.717, 1.165) is 41.9 Å². The minimum Gasteiger partial charge on any atom is -0.497 e. The third-order valence-electron chi connectivity index (χ3n) is 5.27. The van der Waals surface area contributed by atoms with Crippen LogP contribution in [0.1, 0.15) is 24.8 Å². The Hall–Kier alpha value is -2.60. The third kappa shape index (κ3) is 2.44. The van der Waals surface area contributed by atoms with Gasteiger partial charge in [0, 0.05) is 30.2 Å². The van der Waals surface area contributed by atoms with Crippen LogP contribution in [0.3, 0.4) is 0 Å². The van der Waals surface area contributed by atoms with E-state index in [9.17, 15) is 9.59 Å². The molecule has 1 saturated heterocycles. The molecule has 3 heterocycles. The van der Waals surface area contributed by atoms with Crippen LogP contribution in [0.15, 0.2) is 42.2 Å². The van der Waals surface area contributed by atoms with E-state index in [1.807, 2.05) is 36.2 Å². The van der Waals surface area contributed by atoms with Gasteiger partial charge in [-0.3, -0.25) is 4.90 Å². The molecule has 3 aliphatic heterocycles. The molecular formula is C19H19NO5. The molecule has 2 unspecified atom stereocenters. The summed E-state index contributed by atoms with van der Waals surface area (Å²) in [6, 6.07) is 7.84. The third-order valence-corrected chi connectivity index (χ3v) is 5.27. The van der Waals surface area contributed by atoms with E-state index >= 15 is 0 Å². The van der Waals surface area contributed by atoms with Crippen molar-refractivity contribution in [3.05, 3.63) is 47.7 Å². The Morgan fingerprint density at radius 2 is 1.88 bits per heavy atom. The summed E-state index contributed by atoms with van der Waals surface area (Å²) >= 11 is 0. The van der Waals surface area contributed by atoms with Gasteiger partial charge in [0.2, 0.25) is 5.72 Å². The molecule has 1 spiro atoms. The minimum absolute atomic E-state index is 0.232. The summed E-state index contributed by atoms with van der Waals surface area (Å²) in [4.78, 5) is 26.2. The number of ether oxygens (including phenoxy) is 3. The van der Waals surface area contributed by atoms with E-state index in [-0.39, 0.29) is 6.04 Å². The molecule has 2 atom stereocenters. The maximum atomic E-state index is 12.1. The Morgan fingerprint density at radius 3 is 2.60 bits per heavy atom. The average molecular weight is 341 g/mol. The SMILES string of the molecule is COc1ccc(C2=C3OC(=O)/C=C/C(=O)OC34CCC(C2)N4C)cc1. The molecule has 3 aliphatic rings. The first kappa shape index (κ1) is 15.9. The lowest BCUT2D eigenvalue weighted by atomic mass is 9.91. The zero-order chi connectivity index (χ0) is 17.6. The second-order valence-corrected chi connectivity index (χ2v) is 6.50. The molecule has 1 fully saturated rings. The van der Waals surface area contributed by atoms with Gasteiger partial charge in [0.25, 0.3) is 0 Å². The molecule has 0 saturated carbocycles. The number of methoxy groups -OCH3 is 1. The molecule has 1 aromatic rings. The summed E-state index contributed by atoms with van der Waals surface area (Å²) in [5.74, 6) is 0.0917. The molecule has 0 amide bonds. The predicted molar refractivity (Wildman–Crippen MR) is 89.4 cm³/mol. The molecule has 25 heavy (non-hydrogen) atoms. The highest BCUT2D eigenvalue weighted by Crippen LogP contribution is 2.50. The topological polar surface area (TPSA) is 65.1 Å². The van der Waals surface area contributed by atoms with Crippen molar-refractivity contribution in [1.82, 2.24) is 4.90 Å². The van der Waals surface area contributed by atoms with Gasteiger partial charge in [-0.05, 0) is 37.6 Å². The first-order valence-corrected chi connectivity index (χ1v) is 8.27. The number of nitrogens with zero attached hydrogens (tertiary/aromatic N) is 1. The largest absolute Gasteiger partial charge is 0.497 e. The lowest BCUT2D eigenvalue weighted by Gasteiger charge is -2.43. The molecule has 0 radical (unpaired) electrons. The number of benzene rings is 1. The first-order valence-electron chi connectivity index (χ1n) is 8.27. The van der Waals surface area contributed by atoms with Crippen LogP contribution >= 0.6 is 0 Å². The molecule has 1 aromatic carbocycles. The number of hydrogen-bond acceptors (Lipinski definition) is 6. The van der Waals surface area contributed by atoms with E-state index in [4.69, 9.17) is 14.2 Å². The first-order chi connectivity index (χ1) is 12.0. The van der Waals surface area contributed by atoms with Crippen LogP contribution in [0.4, 0.5) is 0 Å². The fourth-order valence-corrected chi connectivity index (χ4v) is 3.93. The van der Waals surface area contributed by atoms with Crippen molar-refractivity contribution in [2.24, 2.45) is 0 Å². The standard InChI is InChI=1S/C19H19NO5/c1-20-13-9-10-19(20)18(24-16(21)7-8-17(22)25-19)15(11-13)12-3-5-14(23-2)6-4-12/h3-8,13H,9-11H2,1-2H3/b8-7+. The van der Waals surface area contributed by atoms with Gasteiger partial charge in [0.15, 0.2) is 5.76 Å². The summed E-state index contributed by atoms with van der Waals surface area (Å²) in [5.41, 5.74) is 0.823. The maximum absolute atomic E-state index is 12.1. The van der Waals surface area contributed by atoms with Gasteiger partial charge in [-0.2, -0.15) is 0 Å². The van der Waals surface area contributed by atoms with Crippen molar-refractivity contribution in [2.45, 2.75) is 31.0 Å². The summed E-state index contributed by atoms with van der Waals surface area (Å²) in [6.45, 7) is 0. The van der Waals surface area contributed by atoms with Crippen molar-refractivity contribution in [3.63, 3.8) is 0 Å². The fourth-order valence-electron chi connectivity index (χ4n) is 3.93. The Balaban J connectivity index is 1.88. The van der Waals surface area contributed by atoms with Crippen molar-refractivity contribution < 1.29 is 23.8 Å². The molecule has 0 N–H and O–H groups in total. The van der Waals surface area contributed by atoms with Crippen LogP contribution in [-0.2, 0) is 19.1 Å². The Labute approximate surface area is 145 Å². The highest BCUT2D eigenvalue weighted by atomic mass is 16.6. The summed E-state index contributed by atoms with van der Waals surface area (Å²) in [7, 11) is 3.53. The number of rotatable bonds is 2. The molecule has 6 nitrogen and oxygen atoms in total. The van der Waals surface area contributed by atoms with Crippen LogP contribution < -0.4 is 4.74 Å². The quantitative estimate of drug-likeness (QED) is 0.769. The summed E-state index contributed by atoms with van der Waals surface area (Å²) in [5, 5.41) is 0. The monoisotopic (exact) mass is 341 g/mol. The number of carbonyl (C=O) groups excluding carboxylic acids is 2. The number of likely N-dealkylation sites (N-methyl/N-ethyl adjacent to an activating group) is 1. The molecular weight excluding hydrogens is 322 g/mol. The maximum Gasteiger partial charge on any atom is 0.336 e. The van der Waals surface area contributed by atoms with Crippen LogP contribution in [0.5, 0.6) is 5.75 Å². The number of carbonyl (C=O) groups is 2. The van der Waals surface area contributed by atoms with Crippen LogP contribution in [0, 0.1) is 0 Å². The van der Waals surface area contributed by atoms with E-state index < -0.39 is 17.7 Å². The van der Waals surface area contributed by atoms with Crippen molar-refractivity contribution in [3.8, 4) is 5.75 Å². The van der Waals surface area contributed by atoms with Crippen molar-refractivity contribution in [2.75, 3.05) is 14.2 Å². The second-order valence-electron chi connectivity index (χ2n) is 6.50. The number of hydrogen-bond donors (Lipinski definition) is 0. The van der Waals surface area contributed by atoms with Crippen molar-refractivity contribution >= 4 is 17.5 Å². The van der Waals surface area contributed by atoms with E-state index in [1.54, 1.807) is 7.11 Å². The lowest BCUT2D eigenvalue weighted by Crippen LogP contribution is -2.53. The number of esters is 2.